The van der Waals surface area contributed by atoms with Crippen LogP contribution in [0.4, 0.5) is 0 Å². The van der Waals surface area contributed by atoms with Crippen LogP contribution in [0.15, 0.2) is 36.5 Å². The quantitative estimate of drug-likeness (QED) is 0.863. The summed E-state index contributed by atoms with van der Waals surface area (Å²) in [6, 6.07) is 6.11. The number of hydrogen-bond donors (Lipinski definition) is 1. The van der Waals surface area contributed by atoms with Gasteiger partial charge < -0.3 is 4.90 Å². The van der Waals surface area contributed by atoms with Gasteiger partial charge in [0.15, 0.2) is 0 Å². The molecule has 2 heterocycles. The summed E-state index contributed by atoms with van der Waals surface area (Å²) in [5.41, 5.74) is 0.971. The van der Waals surface area contributed by atoms with Gasteiger partial charge >= 0.3 is 0 Å². The second-order valence-corrected chi connectivity index (χ2v) is 5.89. The van der Waals surface area contributed by atoms with Crippen LogP contribution in [0.1, 0.15) is 37.8 Å². The normalized spacial score (nSPS) is 22.4. The molecule has 112 valence electrons. The van der Waals surface area contributed by atoms with E-state index in [9.17, 15) is 4.79 Å². The van der Waals surface area contributed by atoms with Gasteiger partial charge in [-0.15, -0.1) is 0 Å². The van der Waals surface area contributed by atoms with Crippen LogP contribution in [0.25, 0.3) is 0 Å². The Morgan fingerprint density at radius 2 is 2.14 bits per heavy atom. The van der Waals surface area contributed by atoms with Crippen molar-refractivity contribution < 1.29 is 4.79 Å². The summed E-state index contributed by atoms with van der Waals surface area (Å²) in [5, 5.41) is 3.24. The number of nitrogens with zero attached hydrogens (tertiary/aromatic N) is 2. The highest BCUT2D eigenvalue weighted by Crippen LogP contribution is 2.25. The number of aromatic nitrogens is 1. The SMILES string of the molecule is O=C([C@H]1C=CCN1)N(Cc1ccccn1)C1CCCCC1. The van der Waals surface area contributed by atoms with Crippen molar-refractivity contribution in [1.29, 1.82) is 0 Å². The molecule has 0 bridgehead atoms. The van der Waals surface area contributed by atoms with Crippen LogP contribution < -0.4 is 5.32 Å². The number of hydrogen-bond acceptors (Lipinski definition) is 3. The van der Waals surface area contributed by atoms with Gasteiger partial charge in [-0.25, -0.2) is 0 Å². The predicted molar refractivity (Wildman–Crippen MR) is 82.6 cm³/mol. The zero-order valence-electron chi connectivity index (χ0n) is 12.4. The lowest BCUT2D eigenvalue weighted by Crippen LogP contribution is -2.48. The Bertz CT molecular complexity index is 494. The minimum atomic E-state index is -0.157. The molecule has 0 aromatic carbocycles. The number of nitrogens with one attached hydrogen (secondary N) is 1. The van der Waals surface area contributed by atoms with E-state index < -0.39 is 0 Å². The van der Waals surface area contributed by atoms with E-state index in [1.54, 1.807) is 6.20 Å². The van der Waals surface area contributed by atoms with Crippen molar-refractivity contribution in [2.75, 3.05) is 6.54 Å². The van der Waals surface area contributed by atoms with E-state index in [-0.39, 0.29) is 11.9 Å². The van der Waals surface area contributed by atoms with E-state index in [2.05, 4.69) is 15.2 Å². The van der Waals surface area contributed by atoms with Crippen LogP contribution in [0.5, 0.6) is 0 Å². The van der Waals surface area contributed by atoms with Crippen molar-refractivity contribution in [3.8, 4) is 0 Å². The van der Waals surface area contributed by atoms with E-state index in [0.29, 0.717) is 12.6 Å². The molecule has 0 spiro atoms. The zero-order chi connectivity index (χ0) is 14.5. The van der Waals surface area contributed by atoms with Crippen molar-refractivity contribution in [2.24, 2.45) is 0 Å². The monoisotopic (exact) mass is 285 g/mol. The largest absolute Gasteiger partial charge is 0.332 e. The first-order valence-corrected chi connectivity index (χ1v) is 7.95. The smallest absolute Gasteiger partial charge is 0.244 e. The second kappa shape index (κ2) is 6.85. The van der Waals surface area contributed by atoms with Crippen molar-refractivity contribution >= 4 is 5.91 Å². The molecule has 1 aromatic rings. The highest BCUT2D eigenvalue weighted by atomic mass is 16.2. The number of pyridine rings is 1. The Hall–Kier alpha value is -1.68. The van der Waals surface area contributed by atoms with Gasteiger partial charge in [-0.2, -0.15) is 0 Å². The van der Waals surface area contributed by atoms with Crippen molar-refractivity contribution in [3.63, 3.8) is 0 Å². The average Bonchev–Trinajstić information content (AvgIpc) is 3.08. The van der Waals surface area contributed by atoms with E-state index in [1.807, 2.05) is 30.4 Å². The van der Waals surface area contributed by atoms with Crippen molar-refractivity contribution in [1.82, 2.24) is 15.2 Å². The summed E-state index contributed by atoms with van der Waals surface area (Å²) in [5.74, 6) is 0.196. The Labute approximate surface area is 126 Å². The van der Waals surface area contributed by atoms with Gasteiger partial charge in [-0.3, -0.25) is 15.1 Å². The third kappa shape index (κ3) is 3.50. The molecule has 0 saturated heterocycles. The van der Waals surface area contributed by atoms with Crippen LogP contribution in [0.2, 0.25) is 0 Å². The fraction of sp³-hybridized carbons (Fsp3) is 0.529. The van der Waals surface area contributed by atoms with E-state index in [4.69, 9.17) is 0 Å². The topological polar surface area (TPSA) is 45.2 Å². The molecule has 21 heavy (non-hydrogen) atoms. The maximum Gasteiger partial charge on any atom is 0.244 e. The summed E-state index contributed by atoms with van der Waals surface area (Å²) in [6.45, 7) is 1.41. The van der Waals surface area contributed by atoms with Gasteiger partial charge in [-0.1, -0.05) is 37.5 Å². The van der Waals surface area contributed by atoms with Crippen LogP contribution in [-0.4, -0.2) is 34.4 Å². The molecule has 0 radical (unpaired) electrons. The lowest BCUT2D eigenvalue weighted by atomic mass is 9.93. The van der Waals surface area contributed by atoms with Crippen molar-refractivity contribution in [3.05, 3.63) is 42.2 Å². The molecule has 4 heteroatoms. The molecule has 0 unspecified atom stereocenters. The van der Waals surface area contributed by atoms with E-state index >= 15 is 0 Å². The van der Waals surface area contributed by atoms with Crippen LogP contribution in [0.3, 0.4) is 0 Å². The second-order valence-electron chi connectivity index (χ2n) is 5.89. The number of carbonyl (C=O) groups excluding carboxylic acids is 1. The molecular weight excluding hydrogens is 262 g/mol. The number of rotatable bonds is 4. The van der Waals surface area contributed by atoms with Crippen LogP contribution in [0, 0.1) is 0 Å². The molecule has 1 N–H and O–H groups in total. The first-order valence-electron chi connectivity index (χ1n) is 7.95. The maximum atomic E-state index is 12.8. The molecule has 1 aromatic heterocycles. The first-order chi connectivity index (χ1) is 10.3. The lowest BCUT2D eigenvalue weighted by molar-refractivity contribution is -0.135. The molecule has 1 fully saturated rings. The minimum absolute atomic E-state index is 0.157. The molecule has 4 nitrogen and oxygen atoms in total. The highest BCUT2D eigenvalue weighted by Gasteiger charge is 2.30. The Balaban J connectivity index is 1.76. The molecular formula is C17H23N3O. The zero-order valence-corrected chi connectivity index (χ0v) is 12.4. The summed E-state index contributed by atoms with van der Waals surface area (Å²) in [7, 11) is 0. The average molecular weight is 285 g/mol. The third-order valence-electron chi connectivity index (χ3n) is 4.41. The molecule has 1 aliphatic heterocycles. The summed E-state index contributed by atoms with van der Waals surface area (Å²) in [6.07, 6.45) is 11.8. The van der Waals surface area contributed by atoms with Gasteiger partial charge in [0, 0.05) is 18.8 Å². The first kappa shape index (κ1) is 14.3. The standard InChI is InChI=1S/C17H23N3O/c21-17(16-10-6-12-19-16)20(15-8-2-1-3-9-15)13-14-7-4-5-11-18-14/h4-7,10-11,15-16,19H,1-3,8-9,12-13H2/t16-/m1/s1. The third-order valence-corrected chi connectivity index (χ3v) is 4.41. The molecule has 1 saturated carbocycles. The Morgan fingerprint density at radius 3 is 2.81 bits per heavy atom. The van der Waals surface area contributed by atoms with Gasteiger partial charge in [0.25, 0.3) is 0 Å². The van der Waals surface area contributed by atoms with Gasteiger partial charge in [-0.05, 0) is 25.0 Å². The summed E-state index contributed by atoms with van der Waals surface area (Å²) < 4.78 is 0. The van der Waals surface area contributed by atoms with Gasteiger partial charge in [0.05, 0.1) is 12.2 Å². The molecule has 1 atom stereocenters. The number of amides is 1. The highest BCUT2D eigenvalue weighted by molar-refractivity contribution is 5.84. The van der Waals surface area contributed by atoms with Gasteiger partial charge in [0.1, 0.15) is 6.04 Å². The molecule has 1 amide bonds. The lowest BCUT2D eigenvalue weighted by Gasteiger charge is -2.35. The minimum Gasteiger partial charge on any atom is -0.332 e. The number of carbonyl (C=O) groups is 1. The Kier molecular flexibility index (Phi) is 4.65. The van der Waals surface area contributed by atoms with Crippen LogP contribution >= 0.6 is 0 Å². The summed E-state index contributed by atoms with van der Waals surface area (Å²) >= 11 is 0. The predicted octanol–water partition coefficient (Wildman–Crippen LogP) is 2.27. The summed E-state index contributed by atoms with van der Waals surface area (Å²) in [4.78, 5) is 19.3. The fourth-order valence-corrected chi connectivity index (χ4v) is 3.26. The van der Waals surface area contributed by atoms with Crippen LogP contribution in [-0.2, 0) is 11.3 Å². The Morgan fingerprint density at radius 1 is 1.29 bits per heavy atom. The van der Waals surface area contributed by atoms with Crippen molar-refractivity contribution in [2.45, 2.75) is 50.7 Å². The van der Waals surface area contributed by atoms with E-state index in [1.165, 1.54) is 19.3 Å². The molecule has 2 aliphatic rings. The fourth-order valence-electron chi connectivity index (χ4n) is 3.26. The van der Waals surface area contributed by atoms with Gasteiger partial charge in [0.2, 0.25) is 5.91 Å². The van der Waals surface area contributed by atoms with E-state index in [0.717, 1.165) is 25.1 Å². The molecule has 1 aliphatic carbocycles. The maximum absolute atomic E-state index is 12.8. The molecule has 3 rings (SSSR count).